The second-order valence-corrected chi connectivity index (χ2v) is 8.64. The molecule has 5 heteroatoms. The molecule has 0 saturated carbocycles. The summed E-state index contributed by atoms with van der Waals surface area (Å²) in [5.74, 6) is 0.665. The van der Waals surface area contributed by atoms with Crippen LogP contribution in [-0.4, -0.2) is 35.8 Å². The Bertz CT molecular complexity index is 848. The number of ether oxygens (including phenoxy) is 3. The van der Waals surface area contributed by atoms with Crippen molar-refractivity contribution >= 4 is 17.0 Å². The van der Waals surface area contributed by atoms with Crippen LogP contribution < -0.4 is 0 Å². The highest BCUT2D eigenvalue weighted by molar-refractivity contribution is 5.94. The first-order valence-corrected chi connectivity index (χ1v) is 9.93. The summed E-state index contributed by atoms with van der Waals surface area (Å²) in [6.07, 6.45) is 2.62. The maximum Gasteiger partial charge on any atom is 0.419 e. The van der Waals surface area contributed by atoms with Crippen molar-refractivity contribution in [1.82, 2.24) is 4.57 Å². The van der Waals surface area contributed by atoms with E-state index in [0.29, 0.717) is 11.8 Å². The van der Waals surface area contributed by atoms with Crippen LogP contribution in [0.15, 0.2) is 24.3 Å². The van der Waals surface area contributed by atoms with E-state index in [-0.39, 0.29) is 12.4 Å². The molecule has 2 aliphatic heterocycles. The molecule has 0 radical (unpaired) electrons. The number of benzene rings is 1. The molecule has 2 saturated heterocycles. The SMILES string of the molecule is Cc1c([C@H]2CCCO[C@@H]3OCC[C@@H]32)c2ccccc2n1C(=O)OC(C)(C)C. The van der Waals surface area contributed by atoms with Crippen LogP contribution in [0.4, 0.5) is 4.79 Å². The van der Waals surface area contributed by atoms with E-state index < -0.39 is 5.60 Å². The van der Waals surface area contributed by atoms with Gasteiger partial charge in [-0.25, -0.2) is 9.36 Å². The molecule has 1 aromatic carbocycles. The third kappa shape index (κ3) is 3.39. The largest absolute Gasteiger partial charge is 0.443 e. The van der Waals surface area contributed by atoms with Crippen LogP contribution in [0.2, 0.25) is 0 Å². The molecular weight excluding hydrogens is 342 g/mol. The smallest absolute Gasteiger partial charge is 0.419 e. The Morgan fingerprint density at radius 3 is 2.67 bits per heavy atom. The summed E-state index contributed by atoms with van der Waals surface area (Å²) in [6, 6.07) is 8.14. The van der Waals surface area contributed by atoms with Gasteiger partial charge in [0.1, 0.15) is 5.60 Å². The normalized spacial score (nSPS) is 26.0. The molecule has 146 valence electrons. The number of nitrogens with zero attached hydrogens (tertiary/aromatic N) is 1. The van der Waals surface area contributed by atoms with E-state index in [4.69, 9.17) is 14.2 Å². The van der Waals surface area contributed by atoms with E-state index in [0.717, 1.165) is 49.1 Å². The van der Waals surface area contributed by atoms with E-state index in [1.807, 2.05) is 45.9 Å². The van der Waals surface area contributed by atoms with Crippen LogP contribution in [-0.2, 0) is 14.2 Å². The molecule has 3 atom stereocenters. The van der Waals surface area contributed by atoms with Gasteiger partial charge in [-0.1, -0.05) is 18.2 Å². The molecule has 1 aromatic heterocycles. The lowest BCUT2D eigenvalue weighted by Gasteiger charge is -2.25. The fourth-order valence-electron chi connectivity index (χ4n) is 4.62. The highest BCUT2D eigenvalue weighted by Gasteiger charge is 2.40. The number of aromatic nitrogens is 1. The molecular formula is C22H29NO4. The van der Waals surface area contributed by atoms with Crippen LogP contribution >= 0.6 is 0 Å². The second-order valence-electron chi connectivity index (χ2n) is 8.64. The third-order valence-corrected chi connectivity index (χ3v) is 5.65. The zero-order valence-corrected chi connectivity index (χ0v) is 16.7. The van der Waals surface area contributed by atoms with Gasteiger partial charge in [-0.15, -0.1) is 0 Å². The average molecular weight is 371 g/mol. The van der Waals surface area contributed by atoms with E-state index in [1.54, 1.807) is 4.57 Å². The highest BCUT2D eigenvalue weighted by Crippen LogP contribution is 2.45. The lowest BCUT2D eigenvalue weighted by atomic mass is 9.81. The first-order chi connectivity index (χ1) is 12.9. The molecule has 0 spiro atoms. The summed E-state index contributed by atoms with van der Waals surface area (Å²) in [6.45, 7) is 9.22. The minimum absolute atomic E-state index is 0.125. The van der Waals surface area contributed by atoms with Gasteiger partial charge in [0.05, 0.1) is 12.1 Å². The van der Waals surface area contributed by atoms with Gasteiger partial charge in [0, 0.05) is 23.6 Å². The molecule has 0 aliphatic carbocycles. The Hall–Kier alpha value is -1.85. The summed E-state index contributed by atoms with van der Waals surface area (Å²) in [4.78, 5) is 13.0. The summed E-state index contributed by atoms with van der Waals surface area (Å²) >= 11 is 0. The number of rotatable bonds is 1. The number of para-hydroxylation sites is 1. The Balaban J connectivity index is 1.84. The molecule has 0 unspecified atom stereocenters. The molecule has 2 fully saturated rings. The average Bonchev–Trinajstić information content (AvgIpc) is 3.10. The summed E-state index contributed by atoms with van der Waals surface area (Å²) in [5, 5.41) is 1.14. The van der Waals surface area contributed by atoms with Crippen LogP contribution in [0.5, 0.6) is 0 Å². The van der Waals surface area contributed by atoms with Crippen LogP contribution in [0, 0.1) is 12.8 Å². The summed E-state index contributed by atoms with van der Waals surface area (Å²) in [5.41, 5.74) is 2.61. The highest BCUT2D eigenvalue weighted by atomic mass is 16.7. The van der Waals surface area contributed by atoms with Crippen molar-refractivity contribution in [1.29, 1.82) is 0 Å². The summed E-state index contributed by atoms with van der Waals surface area (Å²) in [7, 11) is 0. The van der Waals surface area contributed by atoms with Crippen molar-refractivity contribution in [3.63, 3.8) is 0 Å². The van der Waals surface area contributed by atoms with Gasteiger partial charge in [-0.3, -0.25) is 0 Å². The van der Waals surface area contributed by atoms with E-state index >= 15 is 0 Å². The number of carbonyl (C=O) groups excluding carboxylic acids is 1. The number of hydrogen-bond donors (Lipinski definition) is 0. The molecule has 2 aromatic rings. The van der Waals surface area contributed by atoms with Gasteiger partial charge in [0.15, 0.2) is 6.29 Å². The molecule has 4 rings (SSSR count). The fraction of sp³-hybridized carbons (Fsp3) is 0.591. The maximum absolute atomic E-state index is 13.0. The van der Waals surface area contributed by atoms with Crippen LogP contribution in [0.3, 0.4) is 0 Å². The summed E-state index contributed by atoms with van der Waals surface area (Å²) < 4.78 is 19.2. The Morgan fingerprint density at radius 2 is 1.89 bits per heavy atom. The van der Waals surface area contributed by atoms with E-state index in [9.17, 15) is 4.79 Å². The van der Waals surface area contributed by atoms with Gasteiger partial charge in [0.25, 0.3) is 0 Å². The first kappa shape index (κ1) is 18.5. The van der Waals surface area contributed by atoms with Crippen LogP contribution in [0.25, 0.3) is 10.9 Å². The predicted molar refractivity (Wildman–Crippen MR) is 104 cm³/mol. The number of carbonyl (C=O) groups is 1. The lowest BCUT2D eigenvalue weighted by Crippen LogP contribution is -2.28. The van der Waals surface area contributed by atoms with E-state index in [1.165, 1.54) is 5.56 Å². The monoisotopic (exact) mass is 371 g/mol. The van der Waals surface area contributed by atoms with Gasteiger partial charge in [-0.05, 0) is 64.5 Å². The Kier molecular flexibility index (Phi) is 4.77. The third-order valence-electron chi connectivity index (χ3n) is 5.65. The first-order valence-electron chi connectivity index (χ1n) is 9.93. The van der Waals surface area contributed by atoms with Gasteiger partial charge in [0.2, 0.25) is 0 Å². The maximum atomic E-state index is 13.0. The van der Waals surface area contributed by atoms with Crippen molar-refractivity contribution in [3.8, 4) is 0 Å². The molecule has 5 nitrogen and oxygen atoms in total. The molecule has 0 bridgehead atoms. The molecule has 3 heterocycles. The zero-order valence-electron chi connectivity index (χ0n) is 16.7. The molecule has 2 aliphatic rings. The minimum atomic E-state index is -0.532. The molecule has 27 heavy (non-hydrogen) atoms. The molecule has 0 amide bonds. The van der Waals surface area contributed by atoms with Gasteiger partial charge >= 0.3 is 6.09 Å². The van der Waals surface area contributed by atoms with Gasteiger partial charge in [-0.2, -0.15) is 0 Å². The standard InChI is InChI=1S/C22H29NO4/c1-14-19(15-9-7-12-25-20-16(15)11-13-26-20)17-8-5-6-10-18(17)23(14)21(24)27-22(2,3)4/h5-6,8,10,15-16,20H,7,9,11-13H2,1-4H3/t15-,16+,20+/m0/s1. The van der Waals surface area contributed by atoms with Crippen molar-refractivity contribution in [2.45, 2.75) is 64.8 Å². The Labute approximate surface area is 160 Å². The lowest BCUT2D eigenvalue weighted by molar-refractivity contribution is -0.126. The van der Waals surface area contributed by atoms with Crippen LogP contribution in [0.1, 0.15) is 57.2 Å². The van der Waals surface area contributed by atoms with Crippen molar-refractivity contribution < 1.29 is 19.0 Å². The fourth-order valence-corrected chi connectivity index (χ4v) is 4.62. The Morgan fingerprint density at radius 1 is 1.15 bits per heavy atom. The molecule has 0 N–H and O–H groups in total. The number of fused-ring (bicyclic) bond motifs is 2. The second kappa shape index (κ2) is 6.95. The van der Waals surface area contributed by atoms with E-state index in [2.05, 4.69) is 6.07 Å². The number of hydrogen-bond acceptors (Lipinski definition) is 4. The predicted octanol–water partition coefficient (Wildman–Crippen LogP) is 4.99. The topological polar surface area (TPSA) is 49.7 Å². The minimum Gasteiger partial charge on any atom is -0.443 e. The quantitative estimate of drug-likeness (QED) is 0.709. The van der Waals surface area contributed by atoms with Crippen molar-refractivity contribution in [3.05, 3.63) is 35.5 Å². The van der Waals surface area contributed by atoms with Gasteiger partial charge < -0.3 is 14.2 Å². The van der Waals surface area contributed by atoms with Crippen molar-refractivity contribution in [2.75, 3.05) is 13.2 Å². The zero-order chi connectivity index (χ0) is 19.2. The van der Waals surface area contributed by atoms with Crippen molar-refractivity contribution in [2.24, 2.45) is 5.92 Å².